The number of benzene rings is 1. The zero-order chi connectivity index (χ0) is 14.7. The van der Waals surface area contributed by atoms with Crippen molar-refractivity contribution < 1.29 is 4.39 Å². The lowest BCUT2D eigenvalue weighted by Gasteiger charge is -2.07. The molecule has 1 fully saturated rings. The highest BCUT2D eigenvalue weighted by atomic mass is 32.2. The monoisotopic (exact) mass is 303 g/mol. The molecule has 1 aromatic carbocycles. The molecule has 1 aromatic heterocycles. The molecule has 2 aromatic rings. The summed E-state index contributed by atoms with van der Waals surface area (Å²) in [6, 6.07) is 9.23. The molecule has 3 nitrogen and oxygen atoms in total. The predicted octanol–water partition coefficient (Wildman–Crippen LogP) is 3.47. The van der Waals surface area contributed by atoms with Crippen LogP contribution < -0.4 is 5.32 Å². The van der Waals surface area contributed by atoms with E-state index in [-0.39, 0.29) is 5.82 Å². The number of thioether (sulfide) groups is 1. The molecule has 5 heteroatoms. The van der Waals surface area contributed by atoms with Crippen LogP contribution in [0.2, 0.25) is 0 Å². The average molecular weight is 303 g/mol. The van der Waals surface area contributed by atoms with Crippen LogP contribution in [0.1, 0.15) is 30.1 Å². The fourth-order valence-electron chi connectivity index (χ4n) is 2.07. The van der Waals surface area contributed by atoms with Crippen molar-refractivity contribution >= 4 is 11.8 Å². The van der Waals surface area contributed by atoms with Crippen LogP contribution in [-0.2, 0) is 12.3 Å². The standard InChI is InChI=1S/C16H18FN3S/c1-11-8-14(9-18-13-4-5-13)20-16(19-11)10-21-15-6-2-12(17)3-7-15/h2-3,6-8,13,18H,4-5,9-10H2,1H3. The van der Waals surface area contributed by atoms with E-state index in [1.54, 1.807) is 23.9 Å². The summed E-state index contributed by atoms with van der Waals surface area (Å²) >= 11 is 1.62. The summed E-state index contributed by atoms with van der Waals surface area (Å²) in [4.78, 5) is 10.1. The third kappa shape index (κ3) is 4.51. The van der Waals surface area contributed by atoms with Crippen molar-refractivity contribution in [3.8, 4) is 0 Å². The van der Waals surface area contributed by atoms with E-state index in [4.69, 9.17) is 0 Å². The lowest BCUT2D eigenvalue weighted by molar-refractivity contribution is 0.626. The summed E-state index contributed by atoms with van der Waals surface area (Å²) < 4.78 is 12.9. The van der Waals surface area contributed by atoms with Crippen LogP contribution in [0, 0.1) is 12.7 Å². The minimum absolute atomic E-state index is 0.209. The van der Waals surface area contributed by atoms with Crippen molar-refractivity contribution in [3.63, 3.8) is 0 Å². The van der Waals surface area contributed by atoms with Gasteiger partial charge < -0.3 is 5.32 Å². The van der Waals surface area contributed by atoms with Gasteiger partial charge in [-0.2, -0.15) is 0 Å². The van der Waals surface area contributed by atoms with E-state index in [2.05, 4.69) is 15.3 Å². The van der Waals surface area contributed by atoms with Crippen LogP contribution in [0.15, 0.2) is 35.2 Å². The van der Waals surface area contributed by atoms with Crippen LogP contribution in [0.4, 0.5) is 4.39 Å². The molecule has 21 heavy (non-hydrogen) atoms. The maximum absolute atomic E-state index is 12.9. The Balaban J connectivity index is 1.62. The van der Waals surface area contributed by atoms with E-state index < -0.39 is 0 Å². The summed E-state index contributed by atoms with van der Waals surface area (Å²) in [5.74, 6) is 1.32. The number of hydrogen-bond acceptors (Lipinski definition) is 4. The molecular weight excluding hydrogens is 285 g/mol. The molecule has 0 amide bonds. The van der Waals surface area contributed by atoms with E-state index in [9.17, 15) is 4.39 Å². The van der Waals surface area contributed by atoms with Gasteiger partial charge in [-0.25, -0.2) is 14.4 Å². The number of nitrogens with zero attached hydrogens (tertiary/aromatic N) is 2. The first kappa shape index (κ1) is 14.5. The Morgan fingerprint density at radius 1 is 1.24 bits per heavy atom. The molecule has 0 spiro atoms. The maximum atomic E-state index is 12.9. The van der Waals surface area contributed by atoms with Crippen molar-refractivity contribution in [2.45, 2.75) is 43.0 Å². The molecule has 0 aliphatic heterocycles. The van der Waals surface area contributed by atoms with Gasteiger partial charge in [0.2, 0.25) is 0 Å². The van der Waals surface area contributed by atoms with Crippen molar-refractivity contribution in [2.24, 2.45) is 0 Å². The zero-order valence-electron chi connectivity index (χ0n) is 12.0. The lowest BCUT2D eigenvalue weighted by Crippen LogP contribution is -2.17. The summed E-state index contributed by atoms with van der Waals surface area (Å²) in [7, 11) is 0. The molecule has 1 N–H and O–H groups in total. The van der Waals surface area contributed by atoms with Crippen molar-refractivity contribution in [1.29, 1.82) is 0 Å². The fraction of sp³-hybridized carbons (Fsp3) is 0.375. The van der Waals surface area contributed by atoms with Gasteiger partial charge in [-0.05, 0) is 50.1 Å². The Kier molecular flexibility index (Phi) is 4.51. The highest BCUT2D eigenvalue weighted by Gasteiger charge is 2.20. The van der Waals surface area contributed by atoms with E-state index >= 15 is 0 Å². The molecule has 0 saturated heterocycles. The molecule has 1 saturated carbocycles. The van der Waals surface area contributed by atoms with Gasteiger partial charge in [0.1, 0.15) is 11.6 Å². The van der Waals surface area contributed by atoms with Gasteiger partial charge in [0.15, 0.2) is 0 Å². The molecule has 1 aliphatic carbocycles. The number of aryl methyl sites for hydroxylation is 1. The molecule has 1 heterocycles. The highest BCUT2D eigenvalue weighted by molar-refractivity contribution is 7.98. The van der Waals surface area contributed by atoms with Crippen LogP contribution >= 0.6 is 11.8 Å². The van der Waals surface area contributed by atoms with Crippen molar-refractivity contribution in [1.82, 2.24) is 15.3 Å². The molecule has 3 rings (SSSR count). The second-order valence-corrected chi connectivity index (χ2v) is 6.36. The average Bonchev–Trinajstić information content (AvgIpc) is 3.28. The minimum Gasteiger partial charge on any atom is -0.308 e. The van der Waals surface area contributed by atoms with Gasteiger partial charge in [-0.3, -0.25) is 0 Å². The molecule has 0 bridgehead atoms. The first-order valence-corrected chi connectivity index (χ1v) is 8.13. The first-order valence-electron chi connectivity index (χ1n) is 7.14. The van der Waals surface area contributed by atoms with Gasteiger partial charge in [-0.1, -0.05) is 0 Å². The molecule has 1 aliphatic rings. The van der Waals surface area contributed by atoms with Gasteiger partial charge in [0.05, 0.1) is 11.4 Å². The van der Waals surface area contributed by atoms with Crippen LogP contribution in [0.3, 0.4) is 0 Å². The van der Waals surface area contributed by atoms with Crippen LogP contribution in [-0.4, -0.2) is 16.0 Å². The Hall–Kier alpha value is -1.46. The third-order valence-electron chi connectivity index (χ3n) is 3.28. The second kappa shape index (κ2) is 6.54. The Labute approximate surface area is 128 Å². The zero-order valence-corrected chi connectivity index (χ0v) is 12.8. The molecular formula is C16H18FN3S. The van der Waals surface area contributed by atoms with Gasteiger partial charge in [-0.15, -0.1) is 11.8 Å². The molecule has 110 valence electrons. The number of nitrogens with one attached hydrogen (secondary N) is 1. The normalized spacial score (nSPS) is 14.4. The molecule has 0 atom stereocenters. The minimum atomic E-state index is -0.209. The van der Waals surface area contributed by atoms with Crippen molar-refractivity contribution in [2.75, 3.05) is 0 Å². The third-order valence-corrected chi connectivity index (χ3v) is 4.29. The van der Waals surface area contributed by atoms with E-state index in [1.165, 1.54) is 25.0 Å². The molecule has 0 unspecified atom stereocenters. The summed E-state index contributed by atoms with van der Waals surface area (Å²) in [5.41, 5.74) is 2.04. The smallest absolute Gasteiger partial charge is 0.139 e. The predicted molar refractivity (Wildman–Crippen MR) is 82.6 cm³/mol. The SMILES string of the molecule is Cc1cc(CNC2CC2)nc(CSc2ccc(F)cc2)n1. The Morgan fingerprint density at radius 3 is 2.71 bits per heavy atom. The van der Waals surface area contributed by atoms with Gasteiger partial charge >= 0.3 is 0 Å². The molecule has 0 radical (unpaired) electrons. The van der Waals surface area contributed by atoms with Crippen molar-refractivity contribution in [3.05, 3.63) is 53.4 Å². The second-order valence-electron chi connectivity index (χ2n) is 5.31. The Morgan fingerprint density at radius 2 is 2.00 bits per heavy atom. The first-order chi connectivity index (χ1) is 10.2. The fourth-order valence-corrected chi connectivity index (χ4v) is 2.82. The van der Waals surface area contributed by atoms with Crippen LogP contribution in [0.25, 0.3) is 0 Å². The quantitative estimate of drug-likeness (QED) is 0.829. The topological polar surface area (TPSA) is 37.8 Å². The highest BCUT2D eigenvalue weighted by Crippen LogP contribution is 2.22. The number of rotatable bonds is 6. The summed E-state index contributed by atoms with van der Waals surface area (Å²) in [6.07, 6.45) is 2.55. The lowest BCUT2D eigenvalue weighted by atomic mass is 10.3. The number of aromatic nitrogens is 2. The van der Waals surface area contributed by atoms with E-state index in [1.807, 2.05) is 13.0 Å². The largest absolute Gasteiger partial charge is 0.308 e. The Bertz CT molecular complexity index is 611. The van der Waals surface area contributed by atoms with Crippen LogP contribution in [0.5, 0.6) is 0 Å². The number of hydrogen-bond donors (Lipinski definition) is 1. The summed E-state index contributed by atoms with van der Waals surface area (Å²) in [6.45, 7) is 2.80. The maximum Gasteiger partial charge on any atom is 0.139 e. The van der Waals surface area contributed by atoms with E-state index in [0.29, 0.717) is 11.8 Å². The van der Waals surface area contributed by atoms with Gasteiger partial charge in [0.25, 0.3) is 0 Å². The van der Waals surface area contributed by atoms with E-state index in [0.717, 1.165) is 28.7 Å². The van der Waals surface area contributed by atoms with Gasteiger partial charge in [0, 0.05) is 23.2 Å². The summed E-state index contributed by atoms with van der Waals surface area (Å²) in [5, 5.41) is 3.47. The number of halogens is 1.